The van der Waals surface area contributed by atoms with Crippen molar-refractivity contribution in [2.75, 3.05) is 62.2 Å². The van der Waals surface area contributed by atoms with Crippen molar-refractivity contribution in [1.29, 1.82) is 0 Å². The van der Waals surface area contributed by atoms with Gasteiger partial charge in [0, 0.05) is 110 Å². The average Bonchev–Trinajstić information content (AvgIpc) is 4.26. The second-order valence-electron chi connectivity index (χ2n) is 18.3. The molecule has 69 heavy (non-hydrogen) atoms. The van der Waals surface area contributed by atoms with E-state index in [1.165, 1.54) is 55.8 Å². The van der Waals surface area contributed by atoms with E-state index in [0.717, 1.165) is 65.0 Å². The fraction of sp³-hybridized carbons (Fsp3) is 0.308. The van der Waals surface area contributed by atoms with Gasteiger partial charge in [0.2, 0.25) is 10.9 Å². The molecular formula is C52H49ClF2N6O6S2. The highest BCUT2D eigenvalue weighted by molar-refractivity contribution is 7.17. The van der Waals surface area contributed by atoms with E-state index in [1.54, 1.807) is 34.8 Å². The Balaban J connectivity index is 0.000000158. The number of aromatic carboxylic acids is 2. The lowest BCUT2D eigenvalue weighted by atomic mass is 10.1. The number of carboxylic acids is 2. The Hall–Kier alpha value is -6.17. The Bertz CT molecular complexity index is 3200. The van der Waals surface area contributed by atoms with Crippen molar-refractivity contribution in [2.45, 2.75) is 50.9 Å². The van der Waals surface area contributed by atoms with Gasteiger partial charge in [0.25, 0.3) is 0 Å². The van der Waals surface area contributed by atoms with Gasteiger partial charge in [0.05, 0.1) is 22.4 Å². The van der Waals surface area contributed by atoms with E-state index >= 15 is 8.78 Å². The predicted molar refractivity (Wildman–Crippen MR) is 273 cm³/mol. The maximum Gasteiger partial charge on any atom is 0.341 e. The summed E-state index contributed by atoms with van der Waals surface area (Å²) in [6.45, 7) is 7.72. The first-order chi connectivity index (χ1) is 33.0. The Labute approximate surface area is 409 Å². The normalized spacial score (nSPS) is 16.8. The summed E-state index contributed by atoms with van der Waals surface area (Å²) in [6, 6.07) is 23.4. The number of hydrogen-bond donors (Lipinski definition) is 2. The van der Waals surface area contributed by atoms with E-state index in [4.69, 9.17) is 0 Å². The van der Waals surface area contributed by atoms with Gasteiger partial charge in [-0.3, -0.25) is 19.4 Å². The molecule has 2 saturated heterocycles. The SMILES string of the molecule is Cl.O=C(O)c1cn(C2CC2)c2cc(N3CCN(Cc4cccc5ccsc45)CC3)c(F)cc2c1=O.O=C(O)c1cn(C2CC2)c2cc(N3CCN(Cc4cccc5ccsc45)CC3)c(F)cc2c1=O. The lowest BCUT2D eigenvalue weighted by molar-refractivity contribution is 0.0684. The van der Waals surface area contributed by atoms with Gasteiger partial charge in [-0.05, 0) is 94.7 Å². The average molecular weight is 992 g/mol. The molecule has 2 aliphatic heterocycles. The van der Waals surface area contributed by atoms with Crippen LogP contribution in [0.4, 0.5) is 20.2 Å². The first-order valence-corrected chi connectivity index (χ1v) is 24.8. The highest BCUT2D eigenvalue weighted by Crippen LogP contribution is 2.40. The smallest absolute Gasteiger partial charge is 0.341 e. The Morgan fingerprint density at radius 1 is 0.565 bits per heavy atom. The van der Waals surface area contributed by atoms with E-state index in [9.17, 15) is 29.4 Å². The van der Waals surface area contributed by atoms with Crippen LogP contribution in [-0.2, 0) is 13.1 Å². The van der Waals surface area contributed by atoms with Gasteiger partial charge in [-0.1, -0.05) is 36.4 Å². The van der Waals surface area contributed by atoms with Gasteiger partial charge < -0.3 is 29.1 Å². The number of fused-ring (bicyclic) bond motifs is 4. The lowest BCUT2D eigenvalue weighted by Crippen LogP contribution is -2.46. The van der Waals surface area contributed by atoms with Crippen LogP contribution in [0.25, 0.3) is 42.0 Å². The predicted octanol–water partition coefficient (Wildman–Crippen LogP) is 9.84. The summed E-state index contributed by atoms with van der Waals surface area (Å²) in [5, 5.41) is 25.9. The zero-order valence-electron chi connectivity index (χ0n) is 37.5. The van der Waals surface area contributed by atoms with Gasteiger partial charge in [-0.25, -0.2) is 18.4 Å². The Morgan fingerprint density at radius 3 is 1.32 bits per heavy atom. The lowest BCUT2D eigenvalue weighted by Gasteiger charge is -2.36. The number of aromatic nitrogens is 2. The van der Waals surface area contributed by atoms with Crippen LogP contribution in [0.2, 0.25) is 0 Å². The largest absolute Gasteiger partial charge is 0.477 e. The summed E-state index contributed by atoms with van der Waals surface area (Å²) in [4.78, 5) is 57.4. The number of piperazine rings is 2. The van der Waals surface area contributed by atoms with E-state index in [-0.39, 0.29) is 46.4 Å². The molecule has 4 fully saturated rings. The van der Waals surface area contributed by atoms with Crippen molar-refractivity contribution in [3.63, 3.8) is 0 Å². The molecule has 2 aliphatic carbocycles. The van der Waals surface area contributed by atoms with Crippen molar-refractivity contribution in [3.8, 4) is 0 Å². The molecule has 2 N–H and O–H groups in total. The van der Waals surface area contributed by atoms with Crippen LogP contribution >= 0.6 is 35.1 Å². The van der Waals surface area contributed by atoms with Crippen LogP contribution in [0.5, 0.6) is 0 Å². The van der Waals surface area contributed by atoms with Crippen LogP contribution in [-0.4, -0.2) is 93.4 Å². The third-order valence-electron chi connectivity index (χ3n) is 13.9. The van der Waals surface area contributed by atoms with E-state index < -0.39 is 34.4 Å². The van der Waals surface area contributed by atoms with Gasteiger partial charge >= 0.3 is 11.9 Å². The first-order valence-electron chi connectivity index (χ1n) is 23.1. The van der Waals surface area contributed by atoms with Gasteiger partial charge in [0.15, 0.2) is 0 Å². The minimum Gasteiger partial charge on any atom is -0.477 e. The maximum atomic E-state index is 15.2. The minimum atomic E-state index is -1.28. The number of carboxylic acid groups (broad SMARTS) is 2. The number of benzene rings is 4. The molecule has 4 aromatic carbocycles. The zero-order valence-corrected chi connectivity index (χ0v) is 39.9. The number of pyridine rings is 2. The van der Waals surface area contributed by atoms with Gasteiger partial charge in [-0.15, -0.1) is 35.1 Å². The fourth-order valence-electron chi connectivity index (χ4n) is 9.95. The van der Waals surface area contributed by atoms with E-state index in [2.05, 4.69) is 69.1 Å². The summed E-state index contributed by atoms with van der Waals surface area (Å²) in [6.07, 6.45) is 6.57. The highest BCUT2D eigenvalue weighted by atomic mass is 35.5. The van der Waals surface area contributed by atoms with Crippen molar-refractivity contribution in [2.24, 2.45) is 0 Å². The molecular weight excluding hydrogens is 942 g/mol. The summed E-state index contributed by atoms with van der Waals surface area (Å²) in [5.74, 6) is -3.52. The molecule has 6 heterocycles. The third-order valence-corrected chi connectivity index (χ3v) is 15.9. The third kappa shape index (κ3) is 9.11. The minimum absolute atomic E-state index is 0. The molecule has 0 unspecified atom stereocenters. The molecule has 356 valence electrons. The quantitative estimate of drug-likeness (QED) is 0.137. The second-order valence-corrected chi connectivity index (χ2v) is 20.1. The molecule has 4 aromatic heterocycles. The van der Waals surface area contributed by atoms with E-state index in [1.807, 2.05) is 18.9 Å². The zero-order chi connectivity index (χ0) is 46.8. The molecule has 2 saturated carbocycles. The Morgan fingerprint density at radius 2 is 0.957 bits per heavy atom. The molecule has 8 aromatic rings. The Kier molecular flexibility index (Phi) is 12.8. The second kappa shape index (κ2) is 19.0. The topological polar surface area (TPSA) is 132 Å². The highest BCUT2D eigenvalue weighted by Gasteiger charge is 2.31. The molecule has 17 heteroatoms. The standard InChI is InChI=1S/2C26H24FN3O3S.ClH/c2*27-21-12-19-22(30(18-4-5-18)15-20(24(19)31)26(32)33)13-23(21)29-9-7-28(8-10-29)14-17-3-1-2-16-6-11-34-25(16)17;/h2*1-3,6,11-13,15,18H,4-5,7-10,14H2,(H,32,33);1H. The van der Waals surface area contributed by atoms with Crippen LogP contribution in [0.3, 0.4) is 0 Å². The van der Waals surface area contributed by atoms with Crippen molar-refractivity contribution in [1.82, 2.24) is 18.9 Å². The monoisotopic (exact) mass is 990 g/mol. The molecule has 0 bridgehead atoms. The number of anilines is 2. The van der Waals surface area contributed by atoms with Crippen molar-refractivity contribution >= 4 is 100 Å². The number of thiophene rings is 2. The fourth-order valence-corrected chi connectivity index (χ4v) is 11.8. The molecule has 0 spiro atoms. The number of halogens is 3. The first kappa shape index (κ1) is 46.6. The number of rotatable bonds is 10. The van der Waals surface area contributed by atoms with Crippen LogP contribution in [0.1, 0.15) is 69.6 Å². The molecule has 0 amide bonds. The van der Waals surface area contributed by atoms with Crippen molar-refractivity contribution < 1.29 is 28.6 Å². The van der Waals surface area contributed by atoms with Gasteiger partial charge in [0.1, 0.15) is 22.8 Å². The van der Waals surface area contributed by atoms with Gasteiger partial charge in [-0.2, -0.15) is 0 Å². The molecule has 12 rings (SSSR count). The molecule has 4 aliphatic rings. The molecule has 12 nitrogen and oxygen atoms in total. The summed E-state index contributed by atoms with van der Waals surface area (Å²) in [5.41, 5.74) is 2.95. The molecule has 0 atom stereocenters. The van der Waals surface area contributed by atoms with Crippen LogP contribution < -0.4 is 20.7 Å². The number of hydrogen-bond acceptors (Lipinski definition) is 10. The number of nitrogens with zero attached hydrogens (tertiary/aromatic N) is 6. The summed E-state index contributed by atoms with van der Waals surface area (Å²) >= 11 is 3.53. The summed E-state index contributed by atoms with van der Waals surface area (Å²) < 4.78 is 36.7. The summed E-state index contributed by atoms with van der Waals surface area (Å²) in [7, 11) is 0. The van der Waals surface area contributed by atoms with Crippen LogP contribution in [0, 0.1) is 11.6 Å². The van der Waals surface area contributed by atoms with Crippen molar-refractivity contribution in [3.05, 3.63) is 150 Å². The molecule has 0 radical (unpaired) electrons. The van der Waals surface area contributed by atoms with E-state index in [0.29, 0.717) is 48.6 Å². The maximum absolute atomic E-state index is 15.2. The van der Waals surface area contributed by atoms with Crippen LogP contribution in [0.15, 0.2) is 106 Å². The number of carbonyl (C=O) groups is 2.